The molecule has 2 aromatic carbocycles. The Balaban J connectivity index is 1.71. The van der Waals surface area contributed by atoms with Crippen molar-refractivity contribution in [3.8, 4) is 5.75 Å². The third-order valence-electron chi connectivity index (χ3n) is 6.54. The van der Waals surface area contributed by atoms with Crippen molar-refractivity contribution in [2.75, 3.05) is 39.5 Å². The van der Waals surface area contributed by atoms with E-state index in [2.05, 4.69) is 0 Å². The van der Waals surface area contributed by atoms with E-state index >= 15 is 0 Å². The van der Waals surface area contributed by atoms with Gasteiger partial charge in [-0.2, -0.15) is 0 Å². The summed E-state index contributed by atoms with van der Waals surface area (Å²) in [4.78, 5) is 33.8. The number of hydrogen-bond donors (Lipinski definition) is 1. The second kappa shape index (κ2) is 12.6. The number of rotatable bonds is 10. The van der Waals surface area contributed by atoms with Gasteiger partial charge in [-0.3, -0.25) is 9.59 Å². The van der Waals surface area contributed by atoms with Crippen molar-refractivity contribution in [2.24, 2.45) is 4.99 Å². The molecular weight excluding hydrogens is 500 g/mol. The summed E-state index contributed by atoms with van der Waals surface area (Å²) in [6, 6.07) is 16.8. The molecule has 1 N–H and O–H groups in total. The van der Waals surface area contributed by atoms with Gasteiger partial charge in [-0.05, 0) is 57.0 Å². The second-order valence-electron chi connectivity index (χ2n) is 10.7. The van der Waals surface area contributed by atoms with Crippen molar-refractivity contribution in [1.82, 2.24) is 4.90 Å². The van der Waals surface area contributed by atoms with E-state index in [-0.39, 0.29) is 25.4 Å². The Kier molecular flexibility index (Phi) is 9.24. The molecule has 9 heteroatoms. The highest BCUT2D eigenvalue weighted by atomic mass is 16.6. The van der Waals surface area contributed by atoms with Gasteiger partial charge in [0.15, 0.2) is 11.6 Å². The van der Waals surface area contributed by atoms with Crippen LogP contribution in [0.4, 0.5) is 0 Å². The first-order valence-electron chi connectivity index (χ1n) is 13.5. The average molecular weight is 539 g/mol. The van der Waals surface area contributed by atoms with Gasteiger partial charge in [0.05, 0.1) is 19.8 Å². The summed E-state index contributed by atoms with van der Waals surface area (Å²) < 4.78 is 23.2. The number of aliphatic imine (C=N–C) groups is 1. The molecule has 2 aliphatic rings. The number of aliphatic hydroxyl groups is 1. The predicted octanol–water partition coefficient (Wildman–Crippen LogP) is 3.69. The molecule has 1 fully saturated rings. The van der Waals surface area contributed by atoms with Gasteiger partial charge >= 0.3 is 5.97 Å². The summed E-state index contributed by atoms with van der Waals surface area (Å²) >= 11 is 0. The lowest BCUT2D eigenvalue weighted by molar-refractivity contribution is -0.156. The minimum absolute atomic E-state index is 0.00839. The van der Waals surface area contributed by atoms with Gasteiger partial charge in [0.1, 0.15) is 11.4 Å². The molecule has 1 saturated heterocycles. The van der Waals surface area contributed by atoms with Gasteiger partial charge in [0, 0.05) is 38.1 Å². The molecule has 39 heavy (non-hydrogen) atoms. The highest BCUT2D eigenvalue weighted by molar-refractivity contribution is 6.01. The number of amides is 1. The van der Waals surface area contributed by atoms with Crippen LogP contribution in [0.15, 0.2) is 59.6 Å². The normalized spacial score (nSPS) is 21.2. The van der Waals surface area contributed by atoms with E-state index in [1.807, 2.05) is 63.2 Å². The summed E-state index contributed by atoms with van der Waals surface area (Å²) in [6.07, 6.45) is -0.0510. The van der Waals surface area contributed by atoms with Crippen molar-refractivity contribution in [3.05, 3.63) is 65.7 Å². The van der Waals surface area contributed by atoms with Crippen LogP contribution in [-0.4, -0.2) is 78.4 Å². The van der Waals surface area contributed by atoms with Crippen molar-refractivity contribution >= 4 is 17.8 Å². The minimum atomic E-state index is -1.36. The SMILES string of the molecule is CC(C)(C)OC(=O)CC[C@@]1(C(=O)N2CCOCC2)N=C(c2ccc(OCCCO)cc2)O[C@@H]1c1ccccc1. The molecule has 1 amide bonds. The number of hydrogen-bond acceptors (Lipinski definition) is 8. The van der Waals surface area contributed by atoms with Crippen LogP contribution in [0.2, 0.25) is 0 Å². The summed E-state index contributed by atoms with van der Waals surface area (Å²) in [5.41, 5.74) is -0.509. The van der Waals surface area contributed by atoms with Crippen molar-refractivity contribution in [3.63, 3.8) is 0 Å². The van der Waals surface area contributed by atoms with Gasteiger partial charge in [-0.1, -0.05) is 30.3 Å². The largest absolute Gasteiger partial charge is 0.494 e. The summed E-state index contributed by atoms with van der Waals surface area (Å²) in [5, 5.41) is 8.99. The molecule has 0 aromatic heterocycles. The average Bonchev–Trinajstić information content (AvgIpc) is 3.33. The fourth-order valence-electron chi connectivity index (χ4n) is 4.71. The van der Waals surface area contributed by atoms with Crippen LogP contribution in [0.3, 0.4) is 0 Å². The van der Waals surface area contributed by atoms with Gasteiger partial charge < -0.3 is 29.0 Å². The molecule has 4 rings (SSSR count). The lowest BCUT2D eigenvalue weighted by Crippen LogP contribution is -2.53. The van der Waals surface area contributed by atoms with E-state index in [1.54, 1.807) is 17.0 Å². The van der Waals surface area contributed by atoms with Crippen LogP contribution >= 0.6 is 0 Å². The van der Waals surface area contributed by atoms with Crippen LogP contribution < -0.4 is 4.74 Å². The maximum atomic E-state index is 14.3. The molecule has 210 valence electrons. The Hall–Kier alpha value is -3.43. The second-order valence-corrected chi connectivity index (χ2v) is 10.7. The fourth-order valence-corrected chi connectivity index (χ4v) is 4.71. The summed E-state index contributed by atoms with van der Waals surface area (Å²) in [6.45, 7) is 7.70. The van der Waals surface area contributed by atoms with E-state index in [9.17, 15) is 9.59 Å². The number of esters is 1. The van der Waals surface area contributed by atoms with Gasteiger partial charge in [-0.15, -0.1) is 0 Å². The molecule has 0 radical (unpaired) electrons. The van der Waals surface area contributed by atoms with Crippen LogP contribution in [0, 0.1) is 0 Å². The first kappa shape index (κ1) is 28.6. The fraction of sp³-hybridized carbons (Fsp3) is 0.500. The Morgan fingerprint density at radius 2 is 1.77 bits per heavy atom. The third kappa shape index (κ3) is 7.16. The molecule has 2 aromatic rings. The number of ether oxygens (including phenoxy) is 4. The third-order valence-corrected chi connectivity index (χ3v) is 6.54. The van der Waals surface area contributed by atoms with E-state index in [0.29, 0.717) is 56.5 Å². The zero-order valence-corrected chi connectivity index (χ0v) is 22.9. The molecule has 0 aliphatic carbocycles. The molecule has 0 unspecified atom stereocenters. The number of aliphatic hydroxyl groups excluding tert-OH is 1. The molecule has 9 nitrogen and oxygen atoms in total. The van der Waals surface area contributed by atoms with Crippen LogP contribution in [0.5, 0.6) is 5.75 Å². The van der Waals surface area contributed by atoms with Crippen molar-refractivity contribution in [1.29, 1.82) is 0 Å². The number of nitrogens with zero attached hydrogens (tertiary/aromatic N) is 2. The number of morpholine rings is 1. The lowest BCUT2D eigenvalue weighted by atomic mass is 9.82. The minimum Gasteiger partial charge on any atom is -0.494 e. The van der Waals surface area contributed by atoms with Crippen molar-refractivity contribution in [2.45, 2.75) is 57.3 Å². The molecule has 2 aliphatic heterocycles. The quantitative estimate of drug-likeness (QED) is 0.363. The van der Waals surface area contributed by atoms with E-state index < -0.39 is 23.2 Å². The molecule has 2 atom stereocenters. The zero-order valence-electron chi connectivity index (χ0n) is 22.9. The zero-order chi connectivity index (χ0) is 27.9. The Labute approximate surface area is 229 Å². The van der Waals surface area contributed by atoms with E-state index in [4.69, 9.17) is 29.0 Å². The number of benzene rings is 2. The summed E-state index contributed by atoms with van der Waals surface area (Å²) in [5.74, 6) is 0.404. The first-order chi connectivity index (χ1) is 18.7. The molecular formula is C30H38N2O7. The van der Waals surface area contributed by atoms with Gasteiger partial charge in [0.2, 0.25) is 5.90 Å². The number of carbonyl (C=O) groups excluding carboxylic acids is 2. The van der Waals surface area contributed by atoms with E-state index in [0.717, 1.165) is 5.56 Å². The standard InChI is InChI=1S/C30H38N2O7/c1-29(2,3)39-25(34)14-15-30(28(35)32-16-20-36-21-17-32)26(22-8-5-4-6-9-22)38-27(31-30)23-10-12-24(13-11-23)37-19-7-18-33/h4-6,8-13,26,33H,7,14-21H2,1-3H3/t26-,30-/m1/s1. The smallest absolute Gasteiger partial charge is 0.306 e. The monoisotopic (exact) mass is 538 g/mol. The highest BCUT2D eigenvalue weighted by Gasteiger charge is 2.55. The van der Waals surface area contributed by atoms with E-state index in [1.165, 1.54) is 0 Å². The van der Waals surface area contributed by atoms with Crippen molar-refractivity contribution < 1.29 is 33.6 Å². The molecule has 0 saturated carbocycles. The Morgan fingerprint density at radius 1 is 1.08 bits per heavy atom. The lowest BCUT2D eigenvalue weighted by Gasteiger charge is -2.37. The van der Waals surface area contributed by atoms with Gasteiger partial charge in [-0.25, -0.2) is 4.99 Å². The molecule has 0 bridgehead atoms. The topological polar surface area (TPSA) is 107 Å². The first-order valence-corrected chi connectivity index (χ1v) is 13.5. The molecule has 0 spiro atoms. The van der Waals surface area contributed by atoms with Crippen LogP contribution in [0.1, 0.15) is 57.3 Å². The predicted molar refractivity (Wildman–Crippen MR) is 146 cm³/mol. The Bertz CT molecular complexity index is 1140. The van der Waals surface area contributed by atoms with Crippen LogP contribution in [0.25, 0.3) is 0 Å². The maximum absolute atomic E-state index is 14.3. The number of carbonyl (C=O) groups is 2. The highest BCUT2D eigenvalue weighted by Crippen LogP contribution is 2.44. The van der Waals surface area contributed by atoms with Gasteiger partial charge in [0.25, 0.3) is 5.91 Å². The Morgan fingerprint density at radius 3 is 2.41 bits per heavy atom. The van der Waals surface area contributed by atoms with Crippen LogP contribution in [-0.2, 0) is 23.8 Å². The molecule has 2 heterocycles. The summed E-state index contributed by atoms with van der Waals surface area (Å²) in [7, 11) is 0. The maximum Gasteiger partial charge on any atom is 0.306 e.